The number of nitrogens with one attached hydrogen (secondary N) is 1. The number of ether oxygens (including phenoxy) is 6. The molecule has 0 aliphatic carbocycles. The Morgan fingerprint density at radius 2 is 0.821 bits per heavy atom. The van der Waals surface area contributed by atoms with E-state index in [1.165, 1.54) is 103 Å². The highest BCUT2D eigenvalue weighted by molar-refractivity contribution is 5.76. The van der Waals surface area contributed by atoms with Crippen molar-refractivity contribution in [2.45, 2.75) is 317 Å². The third kappa shape index (κ3) is 30.1. The molecule has 3 aliphatic rings. The van der Waals surface area contributed by atoms with E-state index in [0.717, 1.165) is 83.5 Å². The van der Waals surface area contributed by atoms with Crippen molar-refractivity contribution in [3.8, 4) is 0 Å². The predicted molar refractivity (Wildman–Crippen MR) is 323 cm³/mol. The number of rotatable bonds is 48. The highest BCUT2D eigenvalue weighted by Crippen LogP contribution is 2.33. The third-order valence-corrected chi connectivity index (χ3v) is 16.1. The number of carbonyl (C=O) groups excluding carboxylic acids is 1. The van der Waals surface area contributed by atoms with Crippen LogP contribution in [0, 0.1) is 0 Å². The summed E-state index contributed by atoms with van der Waals surface area (Å²) in [7, 11) is 0. The zero-order chi connectivity index (χ0) is 61.2. The molecule has 3 aliphatic heterocycles. The van der Waals surface area contributed by atoms with Gasteiger partial charge in [-0.05, 0) is 57.8 Å². The highest BCUT2D eigenvalue weighted by Gasteiger charge is 2.53. The van der Waals surface area contributed by atoms with Crippen LogP contribution in [0.1, 0.15) is 213 Å². The van der Waals surface area contributed by atoms with Crippen molar-refractivity contribution in [2.24, 2.45) is 0 Å². The average molecular weight is 1200 g/mol. The van der Waals surface area contributed by atoms with Crippen LogP contribution in [0.25, 0.3) is 0 Å². The molecule has 0 spiro atoms. The molecule has 3 heterocycles. The number of aliphatic hydroxyl groups is 11. The summed E-state index contributed by atoms with van der Waals surface area (Å²) in [6, 6.07) is -0.977. The van der Waals surface area contributed by atoms with Crippen LogP contribution in [0.15, 0.2) is 60.8 Å². The van der Waals surface area contributed by atoms with Gasteiger partial charge in [0.25, 0.3) is 0 Å². The maximum absolute atomic E-state index is 13.4. The third-order valence-electron chi connectivity index (χ3n) is 16.1. The minimum Gasteiger partial charge on any atom is -0.394 e. The minimum atomic E-state index is -1.98. The first-order valence-corrected chi connectivity index (χ1v) is 32.5. The number of aliphatic hydroxyl groups excluding tert-OH is 11. The molecule has 0 bridgehead atoms. The van der Waals surface area contributed by atoms with Crippen LogP contribution in [0.3, 0.4) is 0 Å². The van der Waals surface area contributed by atoms with Gasteiger partial charge in [-0.3, -0.25) is 4.79 Å². The molecule has 17 unspecified atom stereocenters. The molecule has 84 heavy (non-hydrogen) atoms. The number of amides is 1. The molecule has 0 aromatic rings. The molecule has 3 fully saturated rings. The predicted octanol–water partition coefficient (Wildman–Crippen LogP) is 7.21. The standard InChI is InChI=1S/C65H115NO18/c1-3-5-7-9-11-13-15-17-19-21-22-23-24-25-26-27-29-31-33-35-37-39-41-43-53(71)66-48(49(70)42-40-38-36-34-32-30-28-20-18-16-14-12-10-8-6-4-2)47-79-63-59(77)56(74)61(51(45-68)81-63)84-65-60(78)57(75)62(52(46-69)82-65)83-64-58(76)55(73)54(72)50(44-67)80-64/h5,7,11,13,17,19,22-23,40,42,48-52,54-65,67-70,72-78H,3-4,6,8-10,12,14-16,18,20-21,24-39,41,43-47H2,1-2H3,(H,66,71)/b7-5-,13-11-,19-17-,23-22-,42-40+. The van der Waals surface area contributed by atoms with Crippen LogP contribution in [-0.2, 0) is 33.2 Å². The first-order chi connectivity index (χ1) is 40.8. The number of hydrogen-bond acceptors (Lipinski definition) is 18. The Kier molecular flexibility index (Phi) is 42.8. The van der Waals surface area contributed by atoms with Crippen LogP contribution in [0.4, 0.5) is 0 Å². The Labute approximate surface area is 503 Å². The van der Waals surface area contributed by atoms with Gasteiger partial charge in [0.2, 0.25) is 5.91 Å². The van der Waals surface area contributed by atoms with E-state index in [1.54, 1.807) is 6.08 Å². The molecule has 12 N–H and O–H groups in total. The van der Waals surface area contributed by atoms with Gasteiger partial charge in [-0.15, -0.1) is 0 Å². The number of unbranched alkanes of at least 4 members (excludes halogenated alkanes) is 24. The fourth-order valence-electron chi connectivity index (χ4n) is 10.8. The molecule has 0 radical (unpaired) electrons. The van der Waals surface area contributed by atoms with E-state index in [1.807, 2.05) is 6.08 Å². The molecular weight excluding hydrogens is 1080 g/mol. The van der Waals surface area contributed by atoms with E-state index in [0.29, 0.717) is 6.42 Å². The smallest absolute Gasteiger partial charge is 0.220 e. The zero-order valence-electron chi connectivity index (χ0n) is 51.1. The zero-order valence-corrected chi connectivity index (χ0v) is 51.1. The normalized spacial score (nSPS) is 29.6. The van der Waals surface area contributed by atoms with Gasteiger partial charge >= 0.3 is 0 Å². The van der Waals surface area contributed by atoms with Gasteiger partial charge in [-0.2, -0.15) is 0 Å². The lowest BCUT2D eigenvalue weighted by molar-refractivity contribution is -0.379. The largest absolute Gasteiger partial charge is 0.394 e. The Morgan fingerprint density at radius 3 is 1.29 bits per heavy atom. The monoisotopic (exact) mass is 1200 g/mol. The Hall–Kier alpha value is -2.51. The fourth-order valence-corrected chi connectivity index (χ4v) is 10.8. The summed E-state index contributed by atoms with van der Waals surface area (Å²) in [6.45, 7) is 1.61. The second-order valence-electron chi connectivity index (χ2n) is 23.2. The van der Waals surface area contributed by atoms with Crippen LogP contribution in [0.2, 0.25) is 0 Å². The molecule has 19 heteroatoms. The molecule has 488 valence electrons. The molecule has 19 nitrogen and oxygen atoms in total. The fraction of sp³-hybridized carbons (Fsp3) is 0.831. The van der Waals surface area contributed by atoms with E-state index in [2.05, 4.69) is 67.8 Å². The van der Waals surface area contributed by atoms with Gasteiger partial charge in [-0.1, -0.05) is 209 Å². The summed E-state index contributed by atoms with van der Waals surface area (Å²) in [4.78, 5) is 13.4. The van der Waals surface area contributed by atoms with Gasteiger partial charge in [0.15, 0.2) is 18.9 Å². The number of hydrogen-bond donors (Lipinski definition) is 12. The van der Waals surface area contributed by atoms with Crippen LogP contribution in [0.5, 0.6) is 0 Å². The molecule has 1 amide bonds. The van der Waals surface area contributed by atoms with Crippen LogP contribution < -0.4 is 5.32 Å². The van der Waals surface area contributed by atoms with Crippen molar-refractivity contribution < 1.29 is 89.4 Å². The first-order valence-electron chi connectivity index (χ1n) is 32.5. The molecule has 3 saturated heterocycles. The Morgan fingerprint density at radius 1 is 0.440 bits per heavy atom. The van der Waals surface area contributed by atoms with E-state index >= 15 is 0 Å². The van der Waals surface area contributed by atoms with E-state index in [-0.39, 0.29) is 18.9 Å². The minimum absolute atomic E-state index is 0.236. The topological polar surface area (TPSA) is 307 Å². The van der Waals surface area contributed by atoms with Crippen molar-refractivity contribution in [3.63, 3.8) is 0 Å². The second kappa shape index (κ2) is 47.5. The molecule has 0 aromatic carbocycles. The lowest BCUT2D eigenvalue weighted by Crippen LogP contribution is -2.66. The summed E-state index contributed by atoms with van der Waals surface area (Å²) in [5.74, 6) is -0.282. The van der Waals surface area contributed by atoms with Crippen molar-refractivity contribution in [3.05, 3.63) is 60.8 Å². The van der Waals surface area contributed by atoms with Crippen LogP contribution in [-0.4, -0.2) is 193 Å². The van der Waals surface area contributed by atoms with Crippen molar-refractivity contribution in [1.29, 1.82) is 0 Å². The maximum Gasteiger partial charge on any atom is 0.220 e. The first kappa shape index (κ1) is 75.7. The summed E-state index contributed by atoms with van der Waals surface area (Å²) >= 11 is 0. The van der Waals surface area contributed by atoms with Crippen molar-refractivity contribution >= 4 is 5.91 Å². The van der Waals surface area contributed by atoms with E-state index in [9.17, 15) is 61.0 Å². The molecule has 3 rings (SSSR count). The number of allylic oxidation sites excluding steroid dienone is 9. The van der Waals surface area contributed by atoms with Gasteiger partial charge < -0.3 is 89.9 Å². The lowest BCUT2D eigenvalue weighted by atomic mass is 9.96. The highest BCUT2D eigenvalue weighted by atomic mass is 16.8. The van der Waals surface area contributed by atoms with Crippen molar-refractivity contribution in [2.75, 3.05) is 26.4 Å². The van der Waals surface area contributed by atoms with Crippen molar-refractivity contribution in [1.82, 2.24) is 5.32 Å². The molecule has 17 atom stereocenters. The lowest BCUT2D eigenvalue weighted by Gasteiger charge is -2.48. The number of carbonyl (C=O) groups is 1. The Balaban J connectivity index is 1.46. The summed E-state index contributed by atoms with van der Waals surface area (Å²) < 4.78 is 34.3. The SMILES string of the molecule is CC/C=C\C/C=C\C/C=C\C/C=C\CCCCCCCCCCCCC(=O)NC(COC1OC(CO)C(OC2OC(CO)C(OC3OC(CO)C(O)C(O)C3O)C(O)C2O)C(O)C1O)C(O)/C=C/CCCCCCCCCCCCCCCC. The van der Waals surface area contributed by atoms with E-state index in [4.69, 9.17) is 28.4 Å². The Bertz CT molecular complexity index is 1770. The average Bonchev–Trinajstić information content (AvgIpc) is 3.69. The van der Waals surface area contributed by atoms with Gasteiger partial charge in [0, 0.05) is 6.42 Å². The van der Waals surface area contributed by atoms with E-state index < -0.39 is 124 Å². The van der Waals surface area contributed by atoms with Crippen LogP contribution >= 0.6 is 0 Å². The molecule has 0 saturated carbocycles. The molecule has 0 aromatic heterocycles. The maximum atomic E-state index is 13.4. The molecular formula is C65H115NO18. The van der Waals surface area contributed by atoms with Gasteiger partial charge in [0.05, 0.1) is 38.6 Å². The summed E-state index contributed by atoms with van der Waals surface area (Å²) in [5, 5.41) is 120. The van der Waals surface area contributed by atoms with Gasteiger partial charge in [0.1, 0.15) is 73.2 Å². The quantitative estimate of drug-likeness (QED) is 0.0211. The van der Waals surface area contributed by atoms with Gasteiger partial charge in [-0.25, -0.2) is 0 Å². The summed E-state index contributed by atoms with van der Waals surface area (Å²) in [5.41, 5.74) is 0. The summed E-state index contributed by atoms with van der Waals surface area (Å²) in [6.07, 6.45) is 29.0. The second-order valence-corrected chi connectivity index (χ2v) is 23.2.